The van der Waals surface area contributed by atoms with E-state index in [4.69, 9.17) is 4.74 Å². The summed E-state index contributed by atoms with van der Waals surface area (Å²) in [6, 6.07) is 5.61. The Labute approximate surface area is 230 Å². The van der Waals surface area contributed by atoms with Crippen LogP contribution in [0, 0.1) is 5.82 Å². The zero-order valence-electron chi connectivity index (χ0n) is 21.8. The molecule has 0 saturated carbocycles. The lowest BCUT2D eigenvalue weighted by atomic mass is 10.1. The first-order chi connectivity index (χ1) is 19.1. The van der Waals surface area contributed by atoms with E-state index in [-0.39, 0.29) is 35.8 Å². The van der Waals surface area contributed by atoms with E-state index in [1.807, 2.05) is 0 Å². The summed E-state index contributed by atoms with van der Waals surface area (Å²) in [7, 11) is 0. The van der Waals surface area contributed by atoms with Crippen molar-refractivity contribution in [2.45, 2.75) is 45.0 Å². The minimum absolute atomic E-state index is 0.0179. The Kier molecular flexibility index (Phi) is 8.24. The number of carboxylic acids is 1. The minimum Gasteiger partial charge on any atom is -0.478 e. The molecule has 8 nitrogen and oxygen atoms in total. The van der Waals surface area contributed by atoms with Gasteiger partial charge in [-0.05, 0) is 55.8 Å². The average molecular weight is 583 g/mol. The molecule has 0 spiro atoms. The maximum atomic E-state index is 13.9. The first-order valence-electron chi connectivity index (χ1n) is 12.3. The van der Waals surface area contributed by atoms with Crippen molar-refractivity contribution >= 4 is 17.6 Å². The highest BCUT2D eigenvalue weighted by molar-refractivity contribution is 6.08. The highest BCUT2D eigenvalue weighted by Crippen LogP contribution is 2.39. The molecule has 1 saturated heterocycles. The molecule has 1 aliphatic rings. The number of aromatic nitrogens is 2. The van der Waals surface area contributed by atoms with E-state index in [0.717, 1.165) is 41.6 Å². The lowest BCUT2D eigenvalue weighted by molar-refractivity contribution is -0.139. The number of carbonyl (C=O) groups is 2. The van der Waals surface area contributed by atoms with Gasteiger partial charge in [0.25, 0.3) is 11.8 Å². The summed E-state index contributed by atoms with van der Waals surface area (Å²) in [6.07, 6.45) is -3.41. The molecule has 3 aromatic rings. The summed E-state index contributed by atoms with van der Waals surface area (Å²) < 4.78 is 87.3. The fourth-order valence-corrected chi connectivity index (χ4v) is 4.39. The normalized spacial score (nSPS) is 15.2. The number of nitrogens with zero attached hydrogens (tertiary/aromatic N) is 4. The number of halogens is 6. The predicted molar refractivity (Wildman–Crippen MR) is 134 cm³/mol. The number of rotatable bonds is 8. The summed E-state index contributed by atoms with van der Waals surface area (Å²) in [5.74, 6) is -7.01. The van der Waals surface area contributed by atoms with Crippen LogP contribution in [0.2, 0.25) is 0 Å². The molecule has 1 fully saturated rings. The van der Waals surface area contributed by atoms with Crippen LogP contribution in [-0.2, 0) is 12.7 Å². The number of carbonyl (C=O) groups excluding carboxylic acids is 1. The maximum Gasteiger partial charge on any atom is 0.421 e. The van der Waals surface area contributed by atoms with E-state index in [1.165, 1.54) is 17.0 Å². The van der Waals surface area contributed by atoms with Gasteiger partial charge in [-0.3, -0.25) is 9.69 Å². The quantitative estimate of drug-likeness (QED) is 0.325. The van der Waals surface area contributed by atoms with Gasteiger partial charge in [0, 0.05) is 31.7 Å². The molecule has 0 bridgehead atoms. The molecule has 2 aromatic heterocycles. The second-order valence-electron chi connectivity index (χ2n) is 9.73. The van der Waals surface area contributed by atoms with E-state index in [9.17, 15) is 41.0 Å². The van der Waals surface area contributed by atoms with Gasteiger partial charge in [0.2, 0.25) is 5.88 Å². The molecule has 0 aliphatic carbocycles. The Morgan fingerprint density at radius 3 is 2.41 bits per heavy atom. The highest BCUT2D eigenvalue weighted by atomic mass is 19.4. The molecule has 14 heteroatoms. The van der Waals surface area contributed by atoms with Crippen LogP contribution in [0.3, 0.4) is 0 Å². The number of pyridine rings is 2. The Morgan fingerprint density at radius 1 is 1.12 bits per heavy atom. The maximum absolute atomic E-state index is 13.9. The van der Waals surface area contributed by atoms with Gasteiger partial charge in [0.05, 0.1) is 24.0 Å². The number of amides is 1. The molecule has 0 unspecified atom stereocenters. The zero-order chi connectivity index (χ0) is 30.1. The van der Waals surface area contributed by atoms with Crippen LogP contribution >= 0.6 is 0 Å². The lowest BCUT2D eigenvalue weighted by Gasteiger charge is -2.28. The van der Waals surface area contributed by atoms with Crippen molar-refractivity contribution in [3.05, 3.63) is 77.0 Å². The lowest BCUT2D eigenvalue weighted by Crippen LogP contribution is -2.38. The summed E-state index contributed by atoms with van der Waals surface area (Å²) >= 11 is 0. The number of anilines is 1. The Bertz CT molecular complexity index is 1450. The van der Waals surface area contributed by atoms with Gasteiger partial charge < -0.3 is 14.7 Å². The van der Waals surface area contributed by atoms with Gasteiger partial charge in [-0.1, -0.05) is 0 Å². The van der Waals surface area contributed by atoms with E-state index in [1.54, 1.807) is 13.8 Å². The highest BCUT2D eigenvalue weighted by Gasteiger charge is 2.39. The van der Waals surface area contributed by atoms with Gasteiger partial charge >= 0.3 is 12.1 Å². The molecule has 0 radical (unpaired) electrons. The SMILES string of the molecule is CC(C)N(C(=O)c1ccc(F)cn1)c1ccc(Oc2ncc(CN3CCC(F)(F)C3)cc2C(F)(F)F)cc1C(=O)O. The van der Waals surface area contributed by atoms with Crippen molar-refractivity contribution < 1.29 is 45.8 Å². The molecule has 1 amide bonds. The summed E-state index contributed by atoms with van der Waals surface area (Å²) in [4.78, 5) is 35.2. The van der Waals surface area contributed by atoms with E-state index < -0.39 is 65.8 Å². The van der Waals surface area contributed by atoms with Crippen LogP contribution < -0.4 is 9.64 Å². The van der Waals surface area contributed by atoms with Gasteiger partial charge in [0.15, 0.2) is 0 Å². The van der Waals surface area contributed by atoms with Crippen LogP contribution in [0.5, 0.6) is 11.6 Å². The third-order valence-electron chi connectivity index (χ3n) is 6.22. The molecule has 1 N–H and O–H groups in total. The van der Waals surface area contributed by atoms with Gasteiger partial charge in [-0.2, -0.15) is 13.2 Å². The van der Waals surface area contributed by atoms with Crippen molar-refractivity contribution in [1.29, 1.82) is 0 Å². The van der Waals surface area contributed by atoms with Crippen LogP contribution in [0.25, 0.3) is 0 Å². The number of alkyl halides is 5. The minimum atomic E-state index is -4.92. The zero-order valence-corrected chi connectivity index (χ0v) is 21.8. The molecular formula is C27H24F6N4O4. The Balaban J connectivity index is 1.65. The van der Waals surface area contributed by atoms with Gasteiger partial charge in [-0.25, -0.2) is 27.9 Å². The summed E-state index contributed by atoms with van der Waals surface area (Å²) in [6.45, 7) is 2.46. The first-order valence-corrected chi connectivity index (χ1v) is 12.3. The molecule has 4 rings (SSSR count). The Morgan fingerprint density at radius 2 is 1.85 bits per heavy atom. The predicted octanol–water partition coefficient (Wildman–Crippen LogP) is 6.02. The average Bonchev–Trinajstić information content (AvgIpc) is 3.23. The molecule has 1 aliphatic heterocycles. The fraction of sp³-hybridized carbons (Fsp3) is 0.333. The van der Waals surface area contributed by atoms with E-state index in [0.29, 0.717) is 0 Å². The number of ether oxygens (including phenoxy) is 1. The van der Waals surface area contributed by atoms with Crippen molar-refractivity contribution in [2.24, 2.45) is 0 Å². The van der Waals surface area contributed by atoms with Crippen molar-refractivity contribution in [3.8, 4) is 11.6 Å². The van der Waals surface area contributed by atoms with Crippen LogP contribution in [0.4, 0.5) is 32.0 Å². The van der Waals surface area contributed by atoms with Crippen molar-refractivity contribution in [3.63, 3.8) is 0 Å². The van der Waals surface area contributed by atoms with Gasteiger partial charge in [0.1, 0.15) is 22.8 Å². The van der Waals surface area contributed by atoms with Crippen molar-refractivity contribution in [1.82, 2.24) is 14.9 Å². The fourth-order valence-electron chi connectivity index (χ4n) is 4.39. The number of carboxylic acid groups (broad SMARTS) is 1. The molecule has 1 aromatic carbocycles. The van der Waals surface area contributed by atoms with Crippen LogP contribution in [0.1, 0.15) is 52.2 Å². The smallest absolute Gasteiger partial charge is 0.421 e. The molecule has 3 heterocycles. The third kappa shape index (κ3) is 6.93. The third-order valence-corrected chi connectivity index (χ3v) is 6.22. The topological polar surface area (TPSA) is 95.9 Å². The monoisotopic (exact) mass is 582 g/mol. The number of aromatic carboxylic acids is 1. The number of benzene rings is 1. The van der Waals surface area contributed by atoms with Crippen molar-refractivity contribution in [2.75, 3.05) is 18.0 Å². The van der Waals surface area contributed by atoms with E-state index in [2.05, 4.69) is 9.97 Å². The molecule has 0 atom stereocenters. The number of hydrogen-bond donors (Lipinski definition) is 1. The molecule has 41 heavy (non-hydrogen) atoms. The number of hydrogen-bond acceptors (Lipinski definition) is 6. The standard InChI is InChI=1S/C27H24F6N4O4/c1-15(2)37(24(38)21-5-3-17(28)12-34-21)22-6-4-18(10-19(22)25(39)40)41-23-20(27(31,32)33)9-16(11-35-23)13-36-8-7-26(29,30)14-36/h3-6,9-12,15H,7-8,13-14H2,1-2H3,(H,39,40). The Hall–Kier alpha value is -4.20. The number of likely N-dealkylation sites (tertiary alicyclic amines) is 1. The van der Waals surface area contributed by atoms with Crippen LogP contribution in [-0.4, -0.2) is 56.9 Å². The largest absolute Gasteiger partial charge is 0.478 e. The summed E-state index contributed by atoms with van der Waals surface area (Å²) in [5, 5.41) is 9.86. The van der Waals surface area contributed by atoms with E-state index >= 15 is 0 Å². The molecule has 218 valence electrons. The second-order valence-corrected chi connectivity index (χ2v) is 9.73. The van der Waals surface area contributed by atoms with Gasteiger partial charge in [-0.15, -0.1) is 0 Å². The molecular weight excluding hydrogens is 558 g/mol. The first kappa shape index (κ1) is 29.8. The second kappa shape index (κ2) is 11.4. The van der Waals surface area contributed by atoms with Crippen LogP contribution in [0.15, 0.2) is 48.8 Å². The summed E-state index contributed by atoms with van der Waals surface area (Å²) in [5.41, 5.74) is -1.95.